The maximum absolute atomic E-state index is 12.3. The minimum absolute atomic E-state index is 0.0222. The molecular weight excluding hydrogens is 350 g/mol. The normalized spacial score (nSPS) is 13.9. The Bertz CT molecular complexity index is 812. The van der Waals surface area contributed by atoms with Crippen molar-refractivity contribution in [2.24, 2.45) is 0 Å². The molecule has 140 valence electrons. The molecule has 0 atom stereocenters. The number of amides is 1. The van der Waals surface area contributed by atoms with Crippen LogP contribution in [-0.4, -0.2) is 54.8 Å². The highest BCUT2D eigenvalue weighted by Crippen LogP contribution is 2.19. The number of aldehydes is 1. The van der Waals surface area contributed by atoms with E-state index in [1.807, 2.05) is 12.1 Å². The van der Waals surface area contributed by atoms with Crippen LogP contribution in [0.5, 0.6) is 5.75 Å². The number of carbonyl (C=O) groups is 2. The first kappa shape index (κ1) is 18.4. The third kappa shape index (κ3) is 4.60. The maximum atomic E-state index is 12.3. The summed E-state index contributed by atoms with van der Waals surface area (Å²) in [6.45, 7) is 2.45. The molecule has 1 heterocycles. The summed E-state index contributed by atoms with van der Waals surface area (Å²) in [7, 11) is 0. The van der Waals surface area contributed by atoms with Gasteiger partial charge in [0.1, 0.15) is 12.0 Å². The Kier molecular flexibility index (Phi) is 5.65. The van der Waals surface area contributed by atoms with E-state index in [1.165, 1.54) is 24.3 Å². The van der Waals surface area contributed by atoms with Crippen molar-refractivity contribution >= 4 is 23.6 Å². The van der Waals surface area contributed by atoms with Crippen LogP contribution in [0.2, 0.25) is 0 Å². The smallest absolute Gasteiger partial charge is 0.269 e. The topological polar surface area (TPSA) is 93.0 Å². The summed E-state index contributed by atoms with van der Waals surface area (Å²) in [4.78, 5) is 37.1. The minimum atomic E-state index is -0.485. The number of ether oxygens (including phenoxy) is 1. The number of hydrogen-bond donors (Lipinski definition) is 0. The Morgan fingerprint density at radius 3 is 2.22 bits per heavy atom. The molecule has 0 saturated carbocycles. The van der Waals surface area contributed by atoms with Gasteiger partial charge in [-0.25, -0.2) is 0 Å². The fraction of sp³-hybridized carbons (Fsp3) is 0.263. The van der Waals surface area contributed by atoms with E-state index in [9.17, 15) is 19.7 Å². The first-order chi connectivity index (χ1) is 13.1. The van der Waals surface area contributed by atoms with Gasteiger partial charge in [-0.2, -0.15) is 0 Å². The lowest BCUT2D eigenvalue weighted by Crippen LogP contribution is -2.50. The van der Waals surface area contributed by atoms with Gasteiger partial charge in [0.2, 0.25) is 0 Å². The van der Waals surface area contributed by atoms with Crippen molar-refractivity contribution < 1.29 is 19.2 Å². The molecule has 1 fully saturated rings. The molecule has 2 aromatic rings. The number of nitrogens with zero attached hydrogens (tertiary/aromatic N) is 3. The van der Waals surface area contributed by atoms with Crippen molar-refractivity contribution in [1.82, 2.24) is 4.90 Å². The van der Waals surface area contributed by atoms with Gasteiger partial charge in [0.15, 0.2) is 6.61 Å². The van der Waals surface area contributed by atoms with E-state index < -0.39 is 4.92 Å². The fourth-order valence-corrected chi connectivity index (χ4v) is 2.88. The number of hydrogen-bond acceptors (Lipinski definition) is 6. The zero-order chi connectivity index (χ0) is 19.2. The van der Waals surface area contributed by atoms with Crippen molar-refractivity contribution in [2.45, 2.75) is 0 Å². The van der Waals surface area contributed by atoms with E-state index >= 15 is 0 Å². The third-order valence-electron chi connectivity index (χ3n) is 4.44. The highest BCUT2D eigenvalue weighted by atomic mass is 16.6. The highest BCUT2D eigenvalue weighted by molar-refractivity contribution is 5.78. The summed E-state index contributed by atoms with van der Waals surface area (Å²) in [5.74, 6) is 0.298. The molecule has 27 heavy (non-hydrogen) atoms. The number of rotatable bonds is 6. The van der Waals surface area contributed by atoms with E-state index in [4.69, 9.17) is 4.74 Å². The molecule has 0 spiro atoms. The molecule has 0 bridgehead atoms. The summed E-state index contributed by atoms with van der Waals surface area (Å²) in [5, 5.41) is 10.6. The minimum Gasteiger partial charge on any atom is -0.484 e. The lowest BCUT2D eigenvalue weighted by molar-refractivity contribution is -0.384. The Labute approximate surface area is 156 Å². The molecule has 0 N–H and O–H groups in total. The lowest BCUT2D eigenvalue weighted by Gasteiger charge is -2.36. The number of piperazine rings is 1. The zero-order valence-electron chi connectivity index (χ0n) is 14.6. The van der Waals surface area contributed by atoms with Crippen molar-refractivity contribution in [2.75, 3.05) is 37.7 Å². The second kappa shape index (κ2) is 8.31. The van der Waals surface area contributed by atoms with Crippen LogP contribution in [0, 0.1) is 10.1 Å². The standard InChI is InChI=1S/C19H19N3O5/c23-13-15-1-3-16(4-2-15)20-9-11-21(12-10-20)19(24)14-27-18-7-5-17(6-8-18)22(25)26/h1-8,13H,9-12,14H2. The molecule has 1 saturated heterocycles. The van der Waals surface area contributed by atoms with Crippen LogP contribution in [0.25, 0.3) is 0 Å². The summed E-state index contributed by atoms with van der Waals surface area (Å²) in [6, 6.07) is 13.0. The predicted octanol–water partition coefficient (Wildman–Crippen LogP) is 2.13. The number of anilines is 1. The Morgan fingerprint density at radius 2 is 1.67 bits per heavy atom. The van der Waals surface area contributed by atoms with Crippen LogP contribution in [-0.2, 0) is 4.79 Å². The maximum Gasteiger partial charge on any atom is 0.269 e. The van der Waals surface area contributed by atoms with Crippen molar-refractivity contribution in [3.05, 3.63) is 64.2 Å². The summed E-state index contributed by atoms with van der Waals surface area (Å²) in [6.07, 6.45) is 0.811. The van der Waals surface area contributed by atoms with E-state index in [-0.39, 0.29) is 18.2 Å². The molecular formula is C19H19N3O5. The molecule has 0 aromatic heterocycles. The van der Waals surface area contributed by atoms with Crippen LogP contribution in [0.3, 0.4) is 0 Å². The largest absolute Gasteiger partial charge is 0.484 e. The molecule has 2 aromatic carbocycles. The highest BCUT2D eigenvalue weighted by Gasteiger charge is 2.21. The molecule has 0 radical (unpaired) electrons. The summed E-state index contributed by atoms with van der Waals surface area (Å²) >= 11 is 0. The first-order valence-corrected chi connectivity index (χ1v) is 8.52. The average Bonchev–Trinajstić information content (AvgIpc) is 2.72. The van der Waals surface area contributed by atoms with Gasteiger partial charge in [0, 0.05) is 49.6 Å². The van der Waals surface area contributed by atoms with Gasteiger partial charge in [-0.05, 0) is 36.4 Å². The van der Waals surface area contributed by atoms with E-state index in [1.54, 1.807) is 17.0 Å². The zero-order valence-corrected chi connectivity index (χ0v) is 14.6. The Balaban J connectivity index is 1.47. The number of benzene rings is 2. The molecule has 8 nitrogen and oxygen atoms in total. The quantitative estimate of drug-likeness (QED) is 0.440. The van der Waals surface area contributed by atoms with Crippen molar-refractivity contribution in [1.29, 1.82) is 0 Å². The van der Waals surface area contributed by atoms with Gasteiger partial charge in [-0.3, -0.25) is 19.7 Å². The van der Waals surface area contributed by atoms with Gasteiger partial charge >= 0.3 is 0 Å². The van der Waals surface area contributed by atoms with Gasteiger partial charge in [-0.1, -0.05) is 0 Å². The third-order valence-corrected chi connectivity index (χ3v) is 4.44. The predicted molar refractivity (Wildman–Crippen MR) is 99.2 cm³/mol. The summed E-state index contributed by atoms with van der Waals surface area (Å²) in [5.41, 5.74) is 1.64. The van der Waals surface area contributed by atoms with E-state index in [0.717, 1.165) is 12.0 Å². The second-order valence-electron chi connectivity index (χ2n) is 6.12. The van der Waals surface area contributed by atoms with Crippen LogP contribution < -0.4 is 9.64 Å². The average molecular weight is 369 g/mol. The van der Waals surface area contributed by atoms with Gasteiger partial charge < -0.3 is 14.5 Å². The number of carbonyl (C=O) groups excluding carboxylic acids is 2. The van der Waals surface area contributed by atoms with Crippen molar-refractivity contribution in [3.8, 4) is 5.75 Å². The number of nitro groups is 1. The molecule has 8 heteroatoms. The Morgan fingerprint density at radius 1 is 1.04 bits per heavy atom. The van der Waals surface area contributed by atoms with E-state index in [0.29, 0.717) is 37.5 Å². The van der Waals surface area contributed by atoms with Crippen LogP contribution in [0.1, 0.15) is 10.4 Å². The molecule has 1 aliphatic heterocycles. The van der Waals surface area contributed by atoms with Crippen LogP contribution in [0.4, 0.5) is 11.4 Å². The fourth-order valence-electron chi connectivity index (χ4n) is 2.88. The van der Waals surface area contributed by atoms with E-state index in [2.05, 4.69) is 4.90 Å². The van der Waals surface area contributed by atoms with Gasteiger partial charge in [0.05, 0.1) is 4.92 Å². The summed E-state index contributed by atoms with van der Waals surface area (Å²) < 4.78 is 5.43. The molecule has 1 amide bonds. The van der Waals surface area contributed by atoms with Gasteiger partial charge in [-0.15, -0.1) is 0 Å². The molecule has 0 unspecified atom stereocenters. The van der Waals surface area contributed by atoms with Gasteiger partial charge in [0.25, 0.3) is 11.6 Å². The second-order valence-corrected chi connectivity index (χ2v) is 6.12. The Hall–Kier alpha value is -3.42. The molecule has 0 aliphatic carbocycles. The number of non-ortho nitro benzene ring substituents is 1. The number of nitro benzene ring substituents is 1. The van der Waals surface area contributed by atoms with Crippen LogP contribution >= 0.6 is 0 Å². The monoisotopic (exact) mass is 369 g/mol. The molecule has 1 aliphatic rings. The SMILES string of the molecule is O=Cc1ccc(N2CCN(C(=O)COc3ccc([N+](=O)[O-])cc3)CC2)cc1. The lowest BCUT2D eigenvalue weighted by atomic mass is 10.2. The van der Waals surface area contributed by atoms with Crippen molar-refractivity contribution in [3.63, 3.8) is 0 Å². The first-order valence-electron chi connectivity index (χ1n) is 8.52. The van der Waals surface area contributed by atoms with Crippen LogP contribution in [0.15, 0.2) is 48.5 Å². The molecule has 3 rings (SSSR count).